The van der Waals surface area contributed by atoms with Crippen LogP contribution in [0.5, 0.6) is 0 Å². The first-order valence-corrected chi connectivity index (χ1v) is 6.20. The highest BCUT2D eigenvalue weighted by molar-refractivity contribution is 5.96. The second-order valence-corrected chi connectivity index (χ2v) is 2.70. The zero-order chi connectivity index (χ0) is 14.3. The number of carbonyl (C=O) groups excluding carboxylic acids is 2. The van der Waals surface area contributed by atoms with Gasteiger partial charge >= 0.3 is 0 Å². The lowest BCUT2D eigenvalue weighted by Crippen LogP contribution is -2.35. The lowest BCUT2D eigenvalue weighted by atomic mass is 10.3. The SMILES string of the molecule is C=C.CC.CCNC(=O)CC(=O)N(CC)CC. The molecule has 1 N–H and O–H groups in total. The minimum absolute atomic E-state index is 0.0322. The van der Waals surface area contributed by atoms with Gasteiger partial charge in [-0.15, -0.1) is 13.2 Å². The van der Waals surface area contributed by atoms with Crippen LogP contribution in [0.1, 0.15) is 41.0 Å². The van der Waals surface area contributed by atoms with Crippen LogP contribution < -0.4 is 5.32 Å². The van der Waals surface area contributed by atoms with Crippen molar-refractivity contribution in [3.63, 3.8) is 0 Å². The second-order valence-electron chi connectivity index (χ2n) is 2.70. The Bertz CT molecular complexity index is 190. The Morgan fingerprint density at radius 2 is 1.47 bits per heavy atom. The highest BCUT2D eigenvalue weighted by Gasteiger charge is 2.13. The van der Waals surface area contributed by atoms with Crippen LogP contribution in [0.2, 0.25) is 0 Å². The third-order valence-corrected chi connectivity index (χ3v) is 1.80. The van der Waals surface area contributed by atoms with Crippen LogP contribution in [0.25, 0.3) is 0 Å². The maximum Gasteiger partial charge on any atom is 0.231 e. The van der Waals surface area contributed by atoms with E-state index >= 15 is 0 Å². The highest BCUT2D eigenvalue weighted by Crippen LogP contribution is 1.93. The van der Waals surface area contributed by atoms with E-state index in [-0.39, 0.29) is 18.2 Å². The van der Waals surface area contributed by atoms with Gasteiger partial charge in [0.15, 0.2) is 0 Å². The molecule has 4 nitrogen and oxygen atoms in total. The van der Waals surface area contributed by atoms with E-state index in [9.17, 15) is 9.59 Å². The van der Waals surface area contributed by atoms with Crippen LogP contribution in [-0.4, -0.2) is 36.3 Å². The minimum Gasteiger partial charge on any atom is -0.356 e. The predicted octanol–water partition coefficient (Wildman–Crippen LogP) is 2.21. The first-order valence-electron chi connectivity index (χ1n) is 6.20. The molecule has 0 aromatic carbocycles. The summed E-state index contributed by atoms with van der Waals surface area (Å²) in [4.78, 5) is 24.0. The van der Waals surface area contributed by atoms with Gasteiger partial charge in [0.2, 0.25) is 11.8 Å². The van der Waals surface area contributed by atoms with Crippen molar-refractivity contribution in [3.05, 3.63) is 13.2 Å². The van der Waals surface area contributed by atoms with Crippen LogP contribution in [0.4, 0.5) is 0 Å². The van der Waals surface area contributed by atoms with Gasteiger partial charge in [-0.05, 0) is 20.8 Å². The third kappa shape index (κ3) is 12.6. The van der Waals surface area contributed by atoms with Crippen molar-refractivity contribution < 1.29 is 9.59 Å². The predicted molar refractivity (Wildman–Crippen MR) is 73.8 cm³/mol. The summed E-state index contributed by atoms with van der Waals surface area (Å²) >= 11 is 0. The van der Waals surface area contributed by atoms with Gasteiger partial charge in [0.1, 0.15) is 6.42 Å². The summed E-state index contributed by atoms with van der Waals surface area (Å²) in [5.74, 6) is -0.296. The fourth-order valence-corrected chi connectivity index (χ4v) is 1.09. The molecule has 0 radical (unpaired) electrons. The maximum atomic E-state index is 11.4. The van der Waals surface area contributed by atoms with Gasteiger partial charge in [0, 0.05) is 19.6 Å². The highest BCUT2D eigenvalue weighted by atomic mass is 16.2. The molecule has 0 fully saturated rings. The molecule has 102 valence electrons. The summed E-state index contributed by atoms with van der Waals surface area (Å²) in [5.41, 5.74) is 0. The third-order valence-electron chi connectivity index (χ3n) is 1.80. The topological polar surface area (TPSA) is 49.4 Å². The van der Waals surface area contributed by atoms with Crippen molar-refractivity contribution in [2.45, 2.75) is 41.0 Å². The Balaban J connectivity index is -0.000000439. The Morgan fingerprint density at radius 1 is 1.06 bits per heavy atom. The maximum absolute atomic E-state index is 11.4. The molecule has 0 unspecified atom stereocenters. The largest absolute Gasteiger partial charge is 0.356 e. The number of carbonyl (C=O) groups is 2. The number of rotatable bonds is 5. The fourth-order valence-electron chi connectivity index (χ4n) is 1.09. The van der Waals surface area contributed by atoms with Crippen LogP contribution in [0.15, 0.2) is 13.2 Å². The molecule has 0 saturated carbocycles. The standard InChI is InChI=1S/C9H18N2O2.C2H6.C2H4/c1-4-10-8(12)7-9(13)11(5-2)6-3;2*1-2/h4-7H2,1-3H3,(H,10,12);1-2H3;1-2H2. The number of nitrogens with one attached hydrogen (secondary N) is 1. The normalized spacial score (nSPS) is 7.82. The van der Waals surface area contributed by atoms with E-state index in [1.165, 1.54) is 0 Å². The summed E-state index contributed by atoms with van der Waals surface area (Å²) in [6.07, 6.45) is -0.0322. The van der Waals surface area contributed by atoms with E-state index in [1.54, 1.807) is 4.90 Å². The summed E-state index contributed by atoms with van der Waals surface area (Å²) in [7, 11) is 0. The molecule has 2 amide bonds. The van der Waals surface area contributed by atoms with Gasteiger partial charge < -0.3 is 10.2 Å². The molecule has 0 aliphatic rings. The number of amides is 2. The van der Waals surface area contributed by atoms with E-state index in [0.29, 0.717) is 19.6 Å². The summed E-state index contributed by atoms with van der Waals surface area (Å²) in [5, 5.41) is 2.59. The van der Waals surface area contributed by atoms with Crippen molar-refractivity contribution in [2.24, 2.45) is 0 Å². The van der Waals surface area contributed by atoms with E-state index in [2.05, 4.69) is 18.5 Å². The van der Waals surface area contributed by atoms with Crippen molar-refractivity contribution in [2.75, 3.05) is 19.6 Å². The quantitative estimate of drug-likeness (QED) is 0.595. The molecule has 0 aliphatic heterocycles. The van der Waals surface area contributed by atoms with Gasteiger partial charge in [-0.3, -0.25) is 9.59 Å². The van der Waals surface area contributed by atoms with E-state index < -0.39 is 0 Å². The average Bonchev–Trinajstić information content (AvgIpc) is 2.36. The summed E-state index contributed by atoms with van der Waals surface area (Å²) in [6, 6.07) is 0. The Morgan fingerprint density at radius 3 is 1.76 bits per heavy atom. The first-order chi connectivity index (χ1) is 8.15. The van der Waals surface area contributed by atoms with Crippen LogP contribution in [-0.2, 0) is 9.59 Å². The molecule has 0 aliphatic carbocycles. The Hall–Kier alpha value is -1.32. The first kappa shape index (κ1) is 21.0. The van der Waals surface area contributed by atoms with Crippen LogP contribution in [0, 0.1) is 0 Å². The van der Waals surface area contributed by atoms with Crippen molar-refractivity contribution in [1.82, 2.24) is 10.2 Å². The molecule has 0 bridgehead atoms. The average molecular weight is 244 g/mol. The van der Waals surface area contributed by atoms with Gasteiger partial charge in [-0.25, -0.2) is 0 Å². The second kappa shape index (κ2) is 17.1. The summed E-state index contributed by atoms with van der Waals surface area (Å²) in [6.45, 7) is 17.5. The molecule has 0 aromatic heterocycles. The molecule has 0 spiro atoms. The smallest absolute Gasteiger partial charge is 0.231 e. The Labute approximate surface area is 106 Å². The number of hydrogen-bond acceptors (Lipinski definition) is 2. The van der Waals surface area contributed by atoms with E-state index in [0.717, 1.165) is 0 Å². The van der Waals surface area contributed by atoms with E-state index in [4.69, 9.17) is 0 Å². The molecule has 0 saturated heterocycles. The molecule has 0 aromatic rings. The number of hydrogen-bond donors (Lipinski definition) is 1. The van der Waals surface area contributed by atoms with Crippen LogP contribution in [0.3, 0.4) is 0 Å². The number of nitrogens with zero attached hydrogens (tertiary/aromatic N) is 1. The minimum atomic E-state index is -0.195. The zero-order valence-electron chi connectivity index (χ0n) is 12.0. The lowest BCUT2D eigenvalue weighted by Gasteiger charge is -2.17. The zero-order valence-corrected chi connectivity index (χ0v) is 12.0. The molecule has 0 atom stereocenters. The monoisotopic (exact) mass is 244 g/mol. The molecule has 17 heavy (non-hydrogen) atoms. The van der Waals surface area contributed by atoms with Gasteiger partial charge in [-0.1, -0.05) is 13.8 Å². The summed E-state index contributed by atoms with van der Waals surface area (Å²) < 4.78 is 0. The molecular formula is C13H28N2O2. The van der Waals surface area contributed by atoms with Gasteiger partial charge in [0.25, 0.3) is 0 Å². The Kier molecular flexibility index (Phi) is 21.1. The van der Waals surface area contributed by atoms with Gasteiger partial charge in [-0.2, -0.15) is 0 Å². The van der Waals surface area contributed by atoms with Gasteiger partial charge in [0.05, 0.1) is 0 Å². The molecule has 0 heterocycles. The van der Waals surface area contributed by atoms with Crippen molar-refractivity contribution in [3.8, 4) is 0 Å². The lowest BCUT2D eigenvalue weighted by molar-refractivity contribution is -0.135. The molecular weight excluding hydrogens is 216 g/mol. The molecule has 4 heteroatoms. The fraction of sp³-hybridized carbons (Fsp3) is 0.692. The van der Waals surface area contributed by atoms with E-state index in [1.807, 2.05) is 34.6 Å². The van der Waals surface area contributed by atoms with Crippen LogP contribution >= 0.6 is 0 Å². The molecule has 0 rings (SSSR count). The van der Waals surface area contributed by atoms with Crippen molar-refractivity contribution >= 4 is 11.8 Å². The van der Waals surface area contributed by atoms with Crippen molar-refractivity contribution in [1.29, 1.82) is 0 Å².